The van der Waals surface area contributed by atoms with Gasteiger partial charge in [-0.25, -0.2) is 4.39 Å². The van der Waals surface area contributed by atoms with Crippen LogP contribution in [0.25, 0.3) is 0 Å². The van der Waals surface area contributed by atoms with Crippen molar-refractivity contribution in [3.05, 3.63) is 35.1 Å². The van der Waals surface area contributed by atoms with Gasteiger partial charge < -0.3 is 5.32 Å². The predicted octanol–water partition coefficient (Wildman–Crippen LogP) is 4.50. The van der Waals surface area contributed by atoms with E-state index in [2.05, 4.69) is 23.2 Å². The van der Waals surface area contributed by atoms with Crippen LogP contribution in [0.1, 0.15) is 49.3 Å². The van der Waals surface area contributed by atoms with Crippen LogP contribution in [0.15, 0.2) is 18.2 Å². The number of nitrogens with zero attached hydrogens (tertiary/aromatic N) is 1. The molecule has 0 unspecified atom stereocenters. The summed E-state index contributed by atoms with van der Waals surface area (Å²) in [5, 5.41) is 3.41. The average molecular weight is 363 g/mol. The SMILES string of the molecule is Cc1ccc(F)c([C@@H](C2CCCCC2)N2CCNCC2)c1.Cl.Cl. The molecule has 1 aliphatic heterocycles. The molecule has 1 aliphatic carbocycles. The van der Waals surface area contributed by atoms with E-state index in [1.807, 2.05) is 6.07 Å². The number of halogens is 3. The van der Waals surface area contributed by atoms with Crippen LogP contribution in [0.5, 0.6) is 0 Å². The summed E-state index contributed by atoms with van der Waals surface area (Å²) >= 11 is 0. The van der Waals surface area contributed by atoms with Crippen molar-refractivity contribution in [1.82, 2.24) is 10.2 Å². The van der Waals surface area contributed by atoms with Gasteiger partial charge in [-0.2, -0.15) is 0 Å². The van der Waals surface area contributed by atoms with Gasteiger partial charge in [-0.3, -0.25) is 4.90 Å². The molecule has 0 aromatic heterocycles. The Balaban J connectivity index is 0.00000132. The molecule has 5 heteroatoms. The van der Waals surface area contributed by atoms with Crippen molar-refractivity contribution in [2.24, 2.45) is 5.92 Å². The number of nitrogens with one attached hydrogen (secondary N) is 1. The number of benzene rings is 1. The van der Waals surface area contributed by atoms with Crippen molar-refractivity contribution in [3.63, 3.8) is 0 Å². The highest BCUT2D eigenvalue weighted by Gasteiger charge is 2.32. The first-order valence-corrected chi connectivity index (χ1v) is 8.46. The second-order valence-electron chi connectivity index (χ2n) is 6.65. The van der Waals surface area contributed by atoms with Gasteiger partial charge in [0.1, 0.15) is 5.82 Å². The van der Waals surface area contributed by atoms with E-state index in [0.29, 0.717) is 5.92 Å². The minimum Gasteiger partial charge on any atom is -0.314 e. The van der Waals surface area contributed by atoms with E-state index in [-0.39, 0.29) is 36.7 Å². The van der Waals surface area contributed by atoms with Crippen LogP contribution in [0.4, 0.5) is 4.39 Å². The predicted molar refractivity (Wildman–Crippen MR) is 99.4 cm³/mol. The lowest BCUT2D eigenvalue weighted by Crippen LogP contribution is -2.47. The zero-order chi connectivity index (χ0) is 14.7. The van der Waals surface area contributed by atoms with Crippen molar-refractivity contribution < 1.29 is 4.39 Å². The highest BCUT2D eigenvalue weighted by Crippen LogP contribution is 2.39. The van der Waals surface area contributed by atoms with Gasteiger partial charge in [0.25, 0.3) is 0 Å². The first-order chi connectivity index (χ1) is 10.3. The molecule has 3 rings (SSSR count). The fourth-order valence-electron chi connectivity index (χ4n) is 4.05. The number of piperazine rings is 1. The van der Waals surface area contributed by atoms with Crippen LogP contribution in [0.3, 0.4) is 0 Å². The van der Waals surface area contributed by atoms with E-state index < -0.39 is 0 Å². The third kappa shape index (κ3) is 5.06. The molecular formula is C18H29Cl2FN2. The van der Waals surface area contributed by atoms with E-state index in [0.717, 1.165) is 31.7 Å². The minimum atomic E-state index is -0.0188. The molecule has 1 aromatic carbocycles. The Hall–Kier alpha value is -0.350. The van der Waals surface area contributed by atoms with Crippen LogP contribution in [-0.4, -0.2) is 31.1 Å². The second-order valence-corrected chi connectivity index (χ2v) is 6.65. The van der Waals surface area contributed by atoms with Gasteiger partial charge in [-0.1, -0.05) is 37.0 Å². The van der Waals surface area contributed by atoms with E-state index in [4.69, 9.17) is 0 Å². The van der Waals surface area contributed by atoms with Gasteiger partial charge in [0, 0.05) is 37.8 Å². The molecular weight excluding hydrogens is 334 g/mol. The molecule has 2 nitrogen and oxygen atoms in total. The van der Waals surface area contributed by atoms with Crippen molar-refractivity contribution in [2.75, 3.05) is 26.2 Å². The van der Waals surface area contributed by atoms with Crippen molar-refractivity contribution in [3.8, 4) is 0 Å². The third-order valence-electron chi connectivity index (χ3n) is 5.11. The number of hydrogen-bond donors (Lipinski definition) is 1. The maximum absolute atomic E-state index is 14.5. The quantitative estimate of drug-likeness (QED) is 0.850. The number of rotatable bonds is 3. The van der Waals surface area contributed by atoms with Crippen molar-refractivity contribution >= 4 is 24.8 Å². The Labute approximate surface area is 152 Å². The Morgan fingerprint density at radius 2 is 1.74 bits per heavy atom. The lowest BCUT2D eigenvalue weighted by molar-refractivity contribution is 0.101. The highest BCUT2D eigenvalue weighted by molar-refractivity contribution is 5.85. The van der Waals surface area contributed by atoms with Crippen LogP contribution in [0.2, 0.25) is 0 Å². The first-order valence-electron chi connectivity index (χ1n) is 8.46. The molecule has 0 spiro atoms. The zero-order valence-electron chi connectivity index (χ0n) is 13.9. The van der Waals surface area contributed by atoms with Crippen LogP contribution in [-0.2, 0) is 0 Å². The van der Waals surface area contributed by atoms with E-state index in [1.54, 1.807) is 6.07 Å². The fourth-order valence-corrected chi connectivity index (χ4v) is 4.05. The maximum Gasteiger partial charge on any atom is 0.128 e. The van der Waals surface area contributed by atoms with Crippen molar-refractivity contribution in [2.45, 2.75) is 45.1 Å². The largest absolute Gasteiger partial charge is 0.314 e. The highest BCUT2D eigenvalue weighted by atomic mass is 35.5. The van der Waals surface area contributed by atoms with Gasteiger partial charge in [0.05, 0.1) is 0 Å². The molecule has 2 fully saturated rings. The topological polar surface area (TPSA) is 15.3 Å². The van der Waals surface area contributed by atoms with Gasteiger partial charge in [0.15, 0.2) is 0 Å². The maximum atomic E-state index is 14.5. The molecule has 1 N–H and O–H groups in total. The summed E-state index contributed by atoms with van der Waals surface area (Å²) in [6.07, 6.45) is 6.46. The Morgan fingerprint density at radius 3 is 2.39 bits per heavy atom. The Morgan fingerprint density at radius 1 is 1.09 bits per heavy atom. The molecule has 1 atom stereocenters. The summed E-state index contributed by atoms with van der Waals surface area (Å²) in [6.45, 7) is 6.19. The molecule has 2 aliphatic rings. The summed E-state index contributed by atoms with van der Waals surface area (Å²) in [6, 6.07) is 5.89. The van der Waals surface area contributed by atoms with Crippen LogP contribution < -0.4 is 5.32 Å². The lowest BCUT2D eigenvalue weighted by Gasteiger charge is -2.41. The summed E-state index contributed by atoms with van der Waals surface area (Å²) in [7, 11) is 0. The summed E-state index contributed by atoms with van der Waals surface area (Å²) < 4.78 is 14.5. The summed E-state index contributed by atoms with van der Waals surface area (Å²) in [5.74, 6) is 0.600. The smallest absolute Gasteiger partial charge is 0.128 e. The molecule has 0 bridgehead atoms. The Bertz CT molecular complexity index is 454. The second kappa shape index (κ2) is 9.83. The zero-order valence-corrected chi connectivity index (χ0v) is 15.5. The molecule has 1 heterocycles. The van der Waals surface area contributed by atoms with Gasteiger partial charge in [-0.05, 0) is 31.7 Å². The van der Waals surface area contributed by atoms with Gasteiger partial charge in [0.2, 0.25) is 0 Å². The Kier molecular flexibility index (Phi) is 8.84. The standard InChI is InChI=1S/C18H27FN2.2ClH/c1-14-7-8-17(19)16(13-14)18(15-5-3-2-4-6-15)21-11-9-20-10-12-21;;/h7-8,13,15,18,20H,2-6,9-12H2,1H3;2*1H/t18-;;/m1../s1. The van der Waals surface area contributed by atoms with Crippen LogP contribution >= 0.6 is 24.8 Å². The van der Waals surface area contributed by atoms with Gasteiger partial charge >= 0.3 is 0 Å². The summed E-state index contributed by atoms with van der Waals surface area (Å²) in [4.78, 5) is 2.52. The average Bonchev–Trinajstić information content (AvgIpc) is 2.53. The molecule has 0 amide bonds. The van der Waals surface area contributed by atoms with Crippen molar-refractivity contribution in [1.29, 1.82) is 0 Å². The number of hydrogen-bond acceptors (Lipinski definition) is 2. The third-order valence-corrected chi connectivity index (χ3v) is 5.11. The minimum absolute atomic E-state index is 0. The lowest BCUT2D eigenvalue weighted by atomic mass is 9.79. The normalized spacial score (nSPS) is 21.1. The molecule has 1 saturated heterocycles. The van der Waals surface area contributed by atoms with Gasteiger partial charge in [-0.15, -0.1) is 24.8 Å². The molecule has 132 valence electrons. The fraction of sp³-hybridized carbons (Fsp3) is 0.667. The van der Waals surface area contributed by atoms with E-state index in [1.165, 1.54) is 37.7 Å². The van der Waals surface area contributed by atoms with Crippen LogP contribution in [0, 0.1) is 18.7 Å². The van der Waals surface area contributed by atoms with E-state index >= 15 is 0 Å². The monoisotopic (exact) mass is 362 g/mol. The molecule has 1 saturated carbocycles. The summed E-state index contributed by atoms with van der Waals surface area (Å²) in [5.41, 5.74) is 2.10. The number of aryl methyl sites for hydroxylation is 1. The molecule has 23 heavy (non-hydrogen) atoms. The molecule has 1 aromatic rings. The molecule has 0 radical (unpaired) electrons. The first kappa shape index (κ1) is 20.7. The van der Waals surface area contributed by atoms with E-state index in [9.17, 15) is 4.39 Å².